The van der Waals surface area contributed by atoms with Crippen molar-refractivity contribution >= 4 is 0 Å². The zero-order valence-electron chi connectivity index (χ0n) is 7.68. The van der Waals surface area contributed by atoms with Crippen molar-refractivity contribution in [3.63, 3.8) is 0 Å². The summed E-state index contributed by atoms with van der Waals surface area (Å²) in [7, 11) is 0. The minimum Gasteiger partial charge on any atom is -0.381 e. The van der Waals surface area contributed by atoms with E-state index >= 15 is 0 Å². The topological polar surface area (TPSA) is 35.2 Å². The number of hydrogen-bond acceptors (Lipinski definition) is 2. The predicted molar refractivity (Wildman–Crippen MR) is 49.6 cm³/mol. The van der Waals surface area contributed by atoms with Gasteiger partial charge in [0.05, 0.1) is 6.61 Å². The molecule has 0 bridgehead atoms. The van der Waals surface area contributed by atoms with Gasteiger partial charge in [0.2, 0.25) is 0 Å². The molecule has 0 spiro atoms. The molecule has 0 radical (unpaired) electrons. The summed E-state index contributed by atoms with van der Waals surface area (Å²) in [5, 5.41) is 0. The smallest absolute Gasteiger partial charge is 0.0509 e. The van der Waals surface area contributed by atoms with Crippen LogP contribution in [-0.4, -0.2) is 19.3 Å². The van der Waals surface area contributed by atoms with Crippen LogP contribution in [0, 0.1) is 17.8 Å². The lowest BCUT2D eigenvalue weighted by atomic mass is 9.96. The highest BCUT2D eigenvalue weighted by molar-refractivity contribution is 4.95. The second kappa shape index (κ2) is 5.18. The Morgan fingerprint density at radius 2 is 2.50 bits per heavy atom. The third kappa shape index (κ3) is 2.84. The van der Waals surface area contributed by atoms with Gasteiger partial charge < -0.3 is 10.5 Å². The van der Waals surface area contributed by atoms with E-state index in [1.54, 1.807) is 0 Å². The fraction of sp³-hybridized carbons (Fsp3) is 0.800. The molecular formula is C10H17NO. The zero-order valence-corrected chi connectivity index (χ0v) is 7.68. The summed E-state index contributed by atoms with van der Waals surface area (Å²) in [4.78, 5) is 0. The van der Waals surface area contributed by atoms with E-state index in [0.717, 1.165) is 32.5 Å². The molecule has 0 saturated carbocycles. The van der Waals surface area contributed by atoms with Gasteiger partial charge in [-0.1, -0.05) is 0 Å². The lowest BCUT2D eigenvalue weighted by Gasteiger charge is -2.15. The van der Waals surface area contributed by atoms with Crippen molar-refractivity contribution in [2.24, 2.45) is 11.7 Å². The van der Waals surface area contributed by atoms with E-state index in [1.165, 1.54) is 0 Å². The number of ether oxygens (including phenoxy) is 1. The normalized spacial score (nSPS) is 24.7. The molecule has 12 heavy (non-hydrogen) atoms. The van der Waals surface area contributed by atoms with Gasteiger partial charge in [0, 0.05) is 19.1 Å². The summed E-state index contributed by atoms with van der Waals surface area (Å²) in [5.41, 5.74) is 5.97. The molecule has 0 aliphatic carbocycles. The third-order valence-corrected chi connectivity index (χ3v) is 2.35. The summed E-state index contributed by atoms with van der Waals surface area (Å²) in [6.07, 6.45) is 3.06. The van der Waals surface area contributed by atoms with Gasteiger partial charge in [0.25, 0.3) is 0 Å². The first-order chi connectivity index (χ1) is 5.84. The van der Waals surface area contributed by atoms with E-state index in [2.05, 4.69) is 11.8 Å². The van der Waals surface area contributed by atoms with Gasteiger partial charge in [-0.25, -0.2) is 0 Å². The van der Waals surface area contributed by atoms with Gasteiger partial charge in [-0.2, -0.15) is 0 Å². The van der Waals surface area contributed by atoms with Crippen molar-refractivity contribution in [1.82, 2.24) is 0 Å². The third-order valence-electron chi connectivity index (χ3n) is 2.35. The second-order valence-corrected chi connectivity index (χ2v) is 3.25. The van der Waals surface area contributed by atoms with Crippen LogP contribution in [0.25, 0.3) is 0 Å². The number of hydrogen-bond donors (Lipinski definition) is 1. The minimum absolute atomic E-state index is 0.286. The SMILES string of the molecule is CC#CCCC(N)C1CCOC1. The molecule has 1 heterocycles. The first kappa shape index (κ1) is 9.57. The molecule has 0 amide bonds. The highest BCUT2D eigenvalue weighted by Gasteiger charge is 2.21. The number of rotatable bonds is 3. The van der Waals surface area contributed by atoms with E-state index in [4.69, 9.17) is 10.5 Å². The van der Waals surface area contributed by atoms with Crippen LogP contribution in [0.2, 0.25) is 0 Å². The van der Waals surface area contributed by atoms with E-state index in [9.17, 15) is 0 Å². The average molecular weight is 167 g/mol. The Kier molecular flexibility index (Phi) is 4.13. The zero-order chi connectivity index (χ0) is 8.81. The molecule has 1 rings (SSSR count). The minimum atomic E-state index is 0.286. The highest BCUT2D eigenvalue weighted by Crippen LogP contribution is 2.17. The summed E-state index contributed by atoms with van der Waals surface area (Å²) in [6.45, 7) is 3.60. The molecule has 2 atom stereocenters. The monoisotopic (exact) mass is 167 g/mol. The fourth-order valence-electron chi connectivity index (χ4n) is 1.49. The molecule has 2 N–H and O–H groups in total. The Balaban J connectivity index is 2.16. The maximum absolute atomic E-state index is 5.97. The molecule has 2 unspecified atom stereocenters. The number of nitrogens with two attached hydrogens (primary N) is 1. The van der Waals surface area contributed by atoms with Crippen molar-refractivity contribution in [3.05, 3.63) is 0 Å². The molecule has 1 aliphatic rings. The molecule has 0 aromatic heterocycles. The lowest BCUT2D eigenvalue weighted by molar-refractivity contribution is 0.180. The predicted octanol–water partition coefficient (Wildman–Crippen LogP) is 1.15. The molecule has 1 saturated heterocycles. The molecule has 1 aliphatic heterocycles. The standard InChI is InChI=1S/C10H17NO/c1-2-3-4-5-10(11)9-6-7-12-8-9/h9-10H,4-8,11H2,1H3. The molecule has 2 heteroatoms. The molecule has 68 valence electrons. The van der Waals surface area contributed by atoms with Crippen LogP contribution in [-0.2, 0) is 4.74 Å². The van der Waals surface area contributed by atoms with Crippen LogP contribution >= 0.6 is 0 Å². The van der Waals surface area contributed by atoms with Gasteiger partial charge in [-0.15, -0.1) is 11.8 Å². The molecule has 2 nitrogen and oxygen atoms in total. The van der Waals surface area contributed by atoms with Crippen LogP contribution in [0.3, 0.4) is 0 Å². The van der Waals surface area contributed by atoms with Gasteiger partial charge in [0.1, 0.15) is 0 Å². The van der Waals surface area contributed by atoms with Crippen molar-refractivity contribution in [3.8, 4) is 11.8 Å². The van der Waals surface area contributed by atoms with Crippen molar-refractivity contribution in [1.29, 1.82) is 0 Å². The first-order valence-electron chi connectivity index (χ1n) is 4.57. The summed E-state index contributed by atoms with van der Waals surface area (Å²) in [5.74, 6) is 6.48. The lowest BCUT2D eigenvalue weighted by Crippen LogP contribution is -2.30. The maximum Gasteiger partial charge on any atom is 0.0509 e. The molecular weight excluding hydrogens is 150 g/mol. The molecule has 0 aromatic carbocycles. The van der Waals surface area contributed by atoms with Crippen molar-refractivity contribution in [2.75, 3.05) is 13.2 Å². The van der Waals surface area contributed by atoms with Gasteiger partial charge >= 0.3 is 0 Å². The Labute approximate surface area is 74.5 Å². The quantitative estimate of drug-likeness (QED) is 0.640. The molecule has 0 aromatic rings. The van der Waals surface area contributed by atoms with Crippen LogP contribution in [0.15, 0.2) is 0 Å². The highest BCUT2D eigenvalue weighted by atomic mass is 16.5. The average Bonchev–Trinajstić information content (AvgIpc) is 2.56. The maximum atomic E-state index is 5.97. The first-order valence-corrected chi connectivity index (χ1v) is 4.57. The Bertz CT molecular complexity index is 174. The fourth-order valence-corrected chi connectivity index (χ4v) is 1.49. The van der Waals surface area contributed by atoms with Crippen molar-refractivity contribution < 1.29 is 4.74 Å². The van der Waals surface area contributed by atoms with E-state index in [1.807, 2.05) is 6.92 Å². The van der Waals surface area contributed by atoms with E-state index < -0.39 is 0 Å². The van der Waals surface area contributed by atoms with Crippen LogP contribution in [0.1, 0.15) is 26.2 Å². The van der Waals surface area contributed by atoms with Crippen LogP contribution < -0.4 is 5.73 Å². The van der Waals surface area contributed by atoms with Gasteiger partial charge in [0.15, 0.2) is 0 Å². The largest absolute Gasteiger partial charge is 0.381 e. The van der Waals surface area contributed by atoms with Gasteiger partial charge in [-0.3, -0.25) is 0 Å². The Morgan fingerprint density at radius 3 is 3.08 bits per heavy atom. The molecule has 1 fully saturated rings. The Morgan fingerprint density at radius 1 is 1.67 bits per heavy atom. The van der Waals surface area contributed by atoms with Crippen molar-refractivity contribution in [2.45, 2.75) is 32.2 Å². The summed E-state index contributed by atoms with van der Waals surface area (Å²) >= 11 is 0. The van der Waals surface area contributed by atoms with E-state index in [-0.39, 0.29) is 6.04 Å². The Hall–Kier alpha value is -0.520. The van der Waals surface area contributed by atoms with Crippen LogP contribution in [0.4, 0.5) is 0 Å². The van der Waals surface area contributed by atoms with Crippen LogP contribution in [0.5, 0.6) is 0 Å². The second-order valence-electron chi connectivity index (χ2n) is 3.25. The van der Waals surface area contributed by atoms with E-state index in [0.29, 0.717) is 5.92 Å². The summed E-state index contributed by atoms with van der Waals surface area (Å²) < 4.78 is 5.27. The summed E-state index contributed by atoms with van der Waals surface area (Å²) in [6, 6.07) is 0.286. The van der Waals surface area contributed by atoms with Gasteiger partial charge in [-0.05, 0) is 25.7 Å².